The molecule has 0 aliphatic heterocycles. The van der Waals surface area contributed by atoms with Gasteiger partial charge in [0.2, 0.25) is 0 Å². The van der Waals surface area contributed by atoms with Crippen LogP contribution in [-0.2, 0) is 0 Å². The number of hydrogen-bond acceptors (Lipinski definition) is 1. The Bertz CT molecular complexity index is 595. The molecule has 0 spiro atoms. The third-order valence-electron chi connectivity index (χ3n) is 2.58. The van der Waals surface area contributed by atoms with E-state index in [1.807, 2.05) is 42.5 Å². The van der Waals surface area contributed by atoms with Gasteiger partial charge < -0.3 is 0 Å². The second-order valence-corrected chi connectivity index (χ2v) is 4.44. The van der Waals surface area contributed by atoms with Gasteiger partial charge in [0.25, 0.3) is 0 Å². The molecule has 0 unspecified atom stereocenters. The third-order valence-corrected chi connectivity index (χ3v) is 2.83. The van der Waals surface area contributed by atoms with Crippen LogP contribution in [0.4, 0.5) is 0 Å². The van der Waals surface area contributed by atoms with E-state index in [4.69, 9.17) is 11.6 Å². The Morgan fingerprint density at radius 1 is 0.895 bits per heavy atom. The van der Waals surface area contributed by atoms with Gasteiger partial charge in [-0.25, -0.2) is 0 Å². The summed E-state index contributed by atoms with van der Waals surface area (Å²) in [5.74, 6) is -0.0330. The molecule has 0 saturated carbocycles. The number of ketones is 1. The molecule has 0 fully saturated rings. The smallest absolute Gasteiger partial charge is 0.185 e. The van der Waals surface area contributed by atoms with Crippen LogP contribution in [-0.4, -0.2) is 5.78 Å². The molecule has 2 aromatic rings. The normalized spacial score (nSPS) is 11.2. The van der Waals surface area contributed by atoms with Crippen molar-refractivity contribution in [2.24, 2.45) is 0 Å². The first-order chi connectivity index (χ1) is 9.25. The highest BCUT2D eigenvalue weighted by Crippen LogP contribution is 2.10. The van der Waals surface area contributed by atoms with E-state index >= 15 is 0 Å². The zero-order valence-electron chi connectivity index (χ0n) is 10.3. The Hall–Kier alpha value is -2.12. The van der Waals surface area contributed by atoms with E-state index in [1.54, 1.807) is 36.4 Å². The highest BCUT2D eigenvalue weighted by molar-refractivity contribution is 6.30. The van der Waals surface area contributed by atoms with Crippen LogP contribution in [0.15, 0.2) is 72.8 Å². The molecule has 2 rings (SSSR count). The first kappa shape index (κ1) is 13.3. The number of carbonyl (C=O) groups excluding carboxylic acids is 1. The molecule has 0 aromatic heterocycles. The number of carbonyl (C=O) groups is 1. The molecule has 0 radical (unpaired) electrons. The van der Waals surface area contributed by atoms with Crippen molar-refractivity contribution in [2.75, 3.05) is 0 Å². The summed E-state index contributed by atoms with van der Waals surface area (Å²) in [6.45, 7) is 0. The lowest BCUT2D eigenvalue weighted by atomic mass is 10.1. The molecule has 0 heterocycles. The van der Waals surface area contributed by atoms with Crippen molar-refractivity contribution in [2.45, 2.75) is 0 Å². The predicted octanol–water partition coefficient (Wildman–Crippen LogP) is 4.79. The van der Waals surface area contributed by atoms with Crippen molar-refractivity contribution >= 4 is 23.5 Å². The van der Waals surface area contributed by atoms with Gasteiger partial charge in [-0.2, -0.15) is 0 Å². The van der Waals surface area contributed by atoms with E-state index in [9.17, 15) is 4.79 Å². The Morgan fingerprint density at radius 3 is 2.26 bits per heavy atom. The van der Waals surface area contributed by atoms with Crippen molar-refractivity contribution in [1.82, 2.24) is 0 Å². The number of hydrogen-bond donors (Lipinski definition) is 0. The van der Waals surface area contributed by atoms with E-state index in [-0.39, 0.29) is 5.78 Å². The lowest BCUT2D eigenvalue weighted by Gasteiger charge is -1.94. The molecule has 2 aromatic carbocycles. The quantitative estimate of drug-likeness (QED) is 0.443. The van der Waals surface area contributed by atoms with Gasteiger partial charge in [0.1, 0.15) is 0 Å². The van der Waals surface area contributed by atoms with Crippen molar-refractivity contribution in [3.05, 3.63) is 89.0 Å². The van der Waals surface area contributed by atoms with Gasteiger partial charge in [0.05, 0.1) is 0 Å². The Kier molecular flexibility index (Phi) is 4.71. The van der Waals surface area contributed by atoms with Gasteiger partial charge in [-0.3, -0.25) is 4.79 Å². The van der Waals surface area contributed by atoms with Crippen LogP contribution in [0.5, 0.6) is 0 Å². The number of rotatable bonds is 4. The zero-order valence-corrected chi connectivity index (χ0v) is 11.0. The summed E-state index contributed by atoms with van der Waals surface area (Å²) >= 11 is 5.77. The van der Waals surface area contributed by atoms with Crippen LogP contribution < -0.4 is 0 Å². The summed E-state index contributed by atoms with van der Waals surface area (Å²) in [4.78, 5) is 11.8. The van der Waals surface area contributed by atoms with Crippen LogP contribution in [0, 0.1) is 0 Å². The Labute approximate surface area is 117 Å². The minimum absolute atomic E-state index is 0.0330. The van der Waals surface area contributed by atoms with Crippen LogP contribution in [0.25, 0.3) is 6.08 Å². The number of halogens is 1. The van der Waals surface area contributed by atoms with E-state index in [1.165, 1.54) is 0 Å². The molecule has 19 heavy (non-hydrogen) atoms. The molecule has 1 nitrogen and oxygen atoms in total. The van der Waals surface area contributed by atoms with E-state index in [0.717, 1.165) is 5.56 Å². The molecule has 0 aliphatic carbocycles. The van der Waals surface area contributed by atoms with Gasteiger partial charge >= 0.3 is 0 Å². The minimum atomic E-state index is -0.0330. The maximum atomic E-state index is 11.8. The number of benzene rings is 2. The van der Waals surface area contributed by atoms with Crippen LogP contribution in [0.3, 0.4) is 0 Å². The molecule has 0 N–H and O–H groups in total. The van der Waals surface area contributed by atoms with Gasteiger partial charge in [0.15, 0.2) is 5.78 Å². The lowest BCUT2D eigenvalue weighted by molar-refractivity contribution is 0.104. The Morgan fingerprint density at radius 2 is 1.58 bits per heavy atom. The zero-order chi connectivity index (χ0) is 13.5. The van der Waals surface area contributed by atoms with Crippen LogP contribution in [0.2, 0.25) is 5.02 Å². The number of allylic oxidation sites excluding steroid dienone is 3. The van der Waals surface area contributed by atoms with Crippen molar-refractivity contribution < 1.29 is 4.79 Å². The molecule has 0 bridgehead atoms. The van der Waals surface area contributed by atoms with E-state index < -0.39 is 0 Å². The van der Waals surface area contributed by atoms with Gasteiger partial charge in [-0.1, -0.05) is 60.2 Å². The Balaban J connectivity index is 1.97. The molecular weight excluding hydrogens is 256 g/mol. The minimum Gasteiger partial charge on any atom is -0.289 e. The maximum absolute atomic E-state index is 11.8. The van der Waals surface area contributed by atoms with Crippen molar-refractivity contribution in [3.63, 3.8) is 0 Å². The van der Waals surface area contributed by atoms with Crippen LogP contribution >= 0.6 is 11.6 Å². The molecule has 0 saturated heterocycles. The molecule has 0 amide bonds. The second-order valence-electron chi connectivity index (χ2n) is 4.00. The lowest BCUT2D eigenvalue weighted by Crippen LogP contribution is -1.92. The third kappa shape index (κ3) is 4.23. The highest BCUT2D eigenvalue weighted by Gasteiger charge is 1.99. The first-order valence-corrected chi connectivity index (χ1v) is 6.33. The van der Waals surface area contributed by atoms with E-state index in [2.05, 4.69) is 0 Å². The molecule has 2 heteroatoms. The molecule has 0 atom stereocenters. The summed E-state index contributed by atoms with van der Waals surface area (Å²) < 4.78 is 0. The fraction of sp³-hybridized carbons (Fsp3) is 0. The molecule has 0 aliphatic rings. The van der Waals surface area contributed by atoms with Crippen LogP contribution in [0.1, 0.15) is 15.9 Å². The average Bonchev–Trinajstić information content (AvgIpc) is 2.45. The fourth-order valence-electron chi connectivity index (χ4n) is 1.58. The van der Waals surface area contributed by atoms with Gasteiger partial charge in [-0.05, 0) is 35.9 Å². The SMILES string of the molecule is O=C(/C=C\C=C\c1ccccc1)c1ccc(Cl)cc1. The summed E-state index contributed by atoms with van der Waals surface area (Å²) in [7, 11) is 0. The van der Waals surface area contributed by atoms with Crippen molar-refractivity contribution in [1.29, 1.82) is 0 Å². The van der Waals surface area contributed by atoms with Gasteiger partial charge in [-0.15, -0.1) is 0 Å². The molecular formula is C17H13ClO. The topological polar surface area (TPSA) is 17.1 Å². The summed E-state index contributed by atoms with van der Waals surface area (Å²) in [6.07, 6.45) is 7.08. The average molecular weight is 269 g/mol. The molecule has 94 valence electrons. The van der Waals surface area contributed by atoms with Crippen molar-refractivity contribution in [3.8, 4) is 0 Å². The highest BCUT2D eigenvalue weighted by atomic mass is 35.5. The summed E-state index contributed by atoms with van der Waals surface area (Å²) in [6, 6.07) is 16.8. The second kappa shape index (κ2) is 6.72. The summed E-state index contributed by atoms with van der Waals surface area (Å²) in [5.41, 5.74) is 1.74. The van der Waals surface area contributed by atoms with E-state index in [0.29, 0.717) is 10.6 Å². The predicted molar refractivity (Wildman–Crippen MR) is 80.4 cm³/mol. The summed E-state index contributed by atoms with van der Waals surface area (Å²) in [5, 5.41) is 0.629. The van der Waals surface area contributed by atoms with Gasteiger partial charge in [0, 0.05) is 10.6 Å². The standard InChI is InChI=1S/C17H13ClO/c18-16-12-10-15(11-13-16)17(19)9-5-4-8-14-6-2-1-3-7-14/h1-13H/b8-4+,9-5-. The first-order valence-electron chi connectivity index (χ1n) is 5.95. The largest absolute Gasteiger partial charge is 0.289 e. The maximum Gasteiger partial charge on any atom is 0.185 e. The monoisotopic (exact) mass is 268 g/mol. The fourth-order valence-corrected chi connectivity index (χ4v) is 1.71.